The van der Waals surface area contributed by atoms with Gasteiger partial charge in [-0.05, 0) is 58.7 Å². The predicted octanol–water partition coefficient (Wildman–Crippen LogP) is 3.97. The maximum Gasteiger partial charge on any atom is 0.166 e. The van der Waals surface area contributed by atoms with E-state index in [2.05, 4.69) is 15.9 Å². The smallest absolute Gasteiger partial charge is 0.166 e. The van der Waals surface area contributed by atoms with Crippen molar-refractivity contribution in [1.82, 2.24) is 0 Å². The highest BCUT2D eigenvalue weighted by Gasteiger charge is 2.09. The number of benzene rings is 2. The lowest BCUT2D eigenvalue weighted by Crippen LogP contribution is -2.11. The molecule has 98 valence electrons. The van der Waals surface area contributed by atoms with Crippen LogP contribution in [0.5, 0.6) is 11.5 Å². The van der Waals surface area contributed by atoms with Gasteiger partial charge in [0.1, 0.15) is 11.6 Å². The van der Waals surface area contributed by atoms with E-state index in [1.807, 2.05) is 19.1 Å². The molecule has 0 spiro atoms. The number of halogens is 2. The minimum absolute atomic E-state index is 0.0922. The van der Waals surface area contributed by atoms with Gasteiger partial charge in [-0.3, -0.25) is 5.41 Å². The summed E-state index contributed by atoms with van der Waals surface area (Å²) in [5, 5.41) is 7.24. The van der Waals surface area contributed by atoms with Crippen LogP contribution in [0.2, 0.25) is 0 Å². The molecular formula is C14H12BrFN2O. The van der Waals surface area contributed by atoms with Crippen molar-refractivity contribution in [2.24, 2.45) is 5.73 Å². The molecule has 19 heavy (non-hydrogen) atoms. The molecule has 2 aromatic rings. The average Bonchev–Trinajstić information content (AvgIpc) is 2.34. The molecule has 2 aromatic carbocycles. The quantitative estimate of drug-likeness (QED) is 0.663. The summed E-state index contributed by atoms with van der Waals surface area (Å²) in [6.45, 7) is 1.96. The number of rotatable bonds is 3. The highest BCUT2D eigenvalue weighted by molar-refractivity contribution is 9.10. The van der Waals surface area contributed by atoms with Crippen molar-refractivity contribution >= 4 is 21.8 Å². The van der Waals surface area contributed by atoms with Gasteiger partial charge in [0.2, 0.25) is 0 Å². The number of amidine groups is 1. The molecule has 0 unspecified atom stereocenters. The second kappa shape index (κ2) is 5.40. The van der Waals surface area contributed by atoms with E-state index in [0.717, 1.165) is 10.0 Å². The molecule has 0 aliphatic carbocycles. The summed E-state index contributed by atoms with van der Waals surface area (Å²) in [5.74, 6) is -0.114. The highest BCUT2D eigenvalue weighted by atomic mass is 79.9. The van der Waals surface area contributed by atoms with Crippen molar-refractivity contribution in [2.45, 2.75) is 6.92 Å². The first-order chi connectivity index (χ1) is 8.97. The molecule has 0 saturated carbocycles. The molecule has 0 heterocycles. The molecule has 0 amide bonds. The Hall–Kier alpha value is -1.88. The van der Waals surface area contributed by atoms with Gasteiger partial charge in [-0.25, -0.2) is 4.39 Å². The Morgan fingerprint density at radius 1 is 1.21 bits per heavy atom. The van der Waals surface area contributed by atoms with E-state index >= 15 is 0 Å². The molecule has 0 aromatic heterocycles. The topological polar surface area (TPSA) is 59.1 Å². The molecule has 0 atom stereocenters. The summed E-state index contributed by atoms with van der Waals surface area (Å²) >= 11 is 3.37. The van der Waals surface area contributed by atoms with Crippen molar-refractivity contribution in [3.8, 4) is 11.5 Å². The lowest BCUT2D eigenvalue weighted by Gasteiger charge is -2.10. The van der Waals surface area contributed by atoms with Crippen LogP contribution in [0.3, 0.4) is 0 Å². The fourth-order valence-corrected chi connectivity index (χ4v) is 2.13. The largest absolute Gasteiger partial charge is 0.453 e. The van der Waals surface area contributed by atoms with Crippen molar-refractivity contribution in [2.75, 3.05) is 0 Å². The maximum atomic E-state index is 13.8. The van der Waals surface area contributed by atoms with E-state index in [0.29, 0.717) is 11.3 Å². The minimum Gasteiger partial charge on any atom is -0.453 e. The van der Waals surface area contributed by atoms with Crippen molar-refractivity contribution < 1.29 is 9.13 Å². The Morgan fingerprint density at radius 2 is 1.89 bits per heavy atom. The van der Waals surface area contributed by atoms with Gasteiger partial charge in [0.05, 0.1) is 4.47 Å². The molecule has 5 heteroatoms. The van der Waals surface area contributed by atoms with Gasteiger partial charge >= 0.3 is 0 Å². The molecule has 0 fully saturated rings. The fourth-order valence-electron chi connectivity index (χ4n) is 1.56. The fraction of sp³-hybridized carbons (Fsp3) is 0.0714. The zero-order valence-corrected chi connectivity index (χ0v) is 11.8. The Kier molecular flexibility index (Phi) is 3.85. The van der Waals surface area contributed by atoms with Crippen LogP contribution in [0.15, 0.2) is 40.9 Å². The zero-order valence-electron chi connectivity index (χ0n) is 10.2. The summed E-state index contributed by atoms with van der Waals surface area (Å²) in [6.07, 6.45) is 0. The highest BCUT2D eigenvalue weighted by Crippen LogP contribution is 2.31. The normalized spacial score (nSPS) is 10.3. The summed E-state index contributed by atoms with van der Waals surface area (Å²) in [5.41, 5.74) is 6.70. The summed E-state index contributed by atoms with van der Waals surface area (Å²) in [7, 11) is 0. The third-order valence-corrected chi connectivity index (χ3v) is 3.17. The van der Waals surface area contributed by atoms with Gasteiger partial charge in [0.25, 0.3) is 0 Å². The molecule has 3 N–H and O–H groups in total. The standard InChI is InChI=1S/C14H12BrFN2O/c1-8-2-4-12(10(15)6-8)19-13-5-3-9(14(17)18)7-11(13)16/h2-7H,1H3,(H3,17,18). The van der Waals surface area contributed by atoms with E-state index in [9.17, 15) is 4.39 Å². The number of aryl methyl sites for hydroxylation is 1. The van der Waals surface area contributed by atoms with Crippen LogP contribution in [0, 0.1) is 18.2 Å². The summed E-state index contributed by atoms with van der Waals surface area (Å²) in [4.78, 5) is 0. The summed E-state index contributed by atoms with van der Waals surface area (Å²) in [6, 6.07) is 9.71. The number of hydrogen-bond donors (Lipinski definition) is 2. The maximum absolute atomic E-state index is 13.8. The summed E-state index contributed by atoms with van der Waals surface area (Å²) < 4.78 is 20.1. The van der Waals surface area contributed by atoms with Crippen LogP contribution >= 0.6 is 15.9 Å². The first-order valence-electron chi connectivity index (χ1n) is 5.55. The monoisotopic (exact) mass is 322 g/mol. The van der Waals surface area contributed by atoms with Crippen molar-refractivity contribution in [3.63, 3.8) is 0 Å². The Balaban J connectivity index is 2.31. The lowest BCUT2D eigenvalue weighted by atomic mass is 10.2. The average molecular weight is 323 g/mol. The minimum atomic E-state index is -0.555. The molecule has 2 rings (SSSR count). The predicted molar refractivity (Wildman–Crippen MR) is 76.4 cm³/mol. The van der Waals surface area contributed by atoms with E-state index in [1.165, 1.54) is 12.1 Å². The van der Waals surface area contributed by atoms with Gasteiger partial charge < -0.3 is 10.5 Å². The van der Waals surface area contributed by atoms with Gasteiger partial charge in [-0.15, -0.1) is 0 Å². The van der Waals surface area contributed by atoms with Crippen LogP contribution in [-0.4, -0.2) is 5.84 Å². The molecular weight excluding hydrogens is 311 g/mol. The number of nitrogen functional groups attached to an aromatic ring is 1. The van der Waals surface area contributed by atoms with E-state index < -0.39 is 5.82 Å². The molecule has 0 saturated heterocycles. The first kappa shape index (κ1) is 13.5. The third kappa shape index (κ3) is 3.12. The lowest BCUT2D eigenvalue weighted by molar-refractivity contribution is 0.440. The van der Waals surface area contributed by atoms with Crippen LogP contribution < -0.4 is 10.5 Å². The SMILES string of the molecule is Cc1ccc(Oc2ccc(C(=N)N)cc2F)c(Br)c1. The Labute approximate surface area is 118 Å². The Morgan fingerprint density at radius 3 is 2.47 bits per heavy atom. The second-order valence-corrected chi connectivity index (χ2v) is 4.95. The van der Waals surface area contributed by atoms with Gasteiger partial charge in [-0.1, -0.05) is 6.07 Å². The Bertz CT molecular complexity index is 643. The molecule has 0 radical (unpaired) electrons. The number of hydrogen-bond acceptors (Lipinski definition) is 2. The van der Waals surface area contributed by atoms with Gasteiger partial charge in [0.15, 0.2) is 11.6 Å². The number of nitrogens with two attached hydrogens (primary N) is 1. The number of ether oxygens (including phenoxy) is 1. The molecule has 0 aliphatic rings. The third-order valence-electron chi connectivity index (χ3n) is 2.55. The van der Waals surface area contributed by atoms with E-state index in [-0.39, 0.29) is 11.6 Å². The van der Waals surface area contributed by atoms with Gasteiger partial charge in [-0.2, -0.15) is 0 Å². The molecule has 0 bridgehead atoms. The van der Waals surface area contributed by atoms with Gasteiger partial charge in [0, 0.05) is 5.56 Å². The first-order valence-corrected chi connectivity index (χ1v) is 6.34. The van der Waals surface area contributed by atoms with Crippen molar-refractivity contribution in [1.29, 1.82) is 5.41 Å². The van der Waals surface area contributed by atoms with Crippen LogP contribution in [0.25, 0.3) is 0 Å². The van der Waals surface area contributed by atoms with Crippen LogP contribution in [0.4, 0.5) is 4.39 Å². The molecule has 0 aliphatic heterocycles. The van der Waals surface area contributed by atoms with E-state index in [4.69, 9.17) is 15.9 Å². The zero-order chi connectivity index (χ0) is 14.0. The van der Waals surface area contributed by atoms with Crippen molar-refractivity contribution in [3.05, 3.63) is 57.8 Å². The van der Waals surface area contributed by atoms with Crippen LogP contribution in [-0.2, 0) is 0 Å². The van der Waals surface area contributed by atoms with Crippen LogP contribution in [0.1, 0.15) is 11.1 Å². The van der Waals surface area contributed by atoms with E-state index in [1.54, 1.807) is 12.1 Å². The number of nitrogens with one attached hydrogen (secondary N) is 1. The second-order valence-electron chi connectivity index (χ2n) is 4.09. The molecule has 3 nitrogen and oxygen atoms in total.